The van der Waals surface area contributed by atoms with Crippen LogP contribution in [0.1, 0.15) is 22.7 Å². The maximum absolute atomic E-state index is 5.55. The van der Waals surface area contributed by atoms with Gasteiger partial charge in [-0.25, -0.2) is 0 Å². The van der Waals surface area contributed by atoms with E-state index in [1.54, 1.807) is 7.11 Å². The quantitative estimate of drug-likeness (QED) is 0.620. The third-order valence-electron chi connectivity index (χ3n) is 4.15. The fourth-order valence-electron chi connectivity index (χ4n) is 2.76. The summed E-state index contributed by atoms with van der Waals surface area (Å²) >= 11 is 5.55. The Morgan fingerprint density at radius 2 is 1.58 bits per heavy atom. The molecule has 0 saturated carbocycles. The van der Waals surface area contributed by atoms with Gasteiger partial charge in [-0.2, -0.15) is 0 Å². The van der Waals surface area contributed by atoms with Crippen LogP contribution < -0.4 is 15.4 Å². The molecule has 1 atom stereocenters. The van der Waals surface area contributed by atoms with E-state index in [0.717, 1.165) is 22.6 Å². The topological polar surface area (TPSA) is 33.3 Å². The zero-order valence-electron chi connectivity index (χ0n) is 14.9. The smallest absolute Gasteiger partial charge is 0.171 e. The van der Waals surface area contributed by atoms with Crippen molar-refractivity contribution in [3.63, 3.8) is 0 Å². The van der Waals surface area contributed by atoms with Crippen molar-refractivity contribution in [3.8, 4) is 5.75 Å². The number of aryl methyl sites for hydroxylation is 1. The lowest BCUT2D eigenvalue weighted by Gasteiger charge is -2.22. The highest BCUT2D eigenvalue weighted by molar-refractivity contribution is 7.80. The summed E-state index contributed by atoms with van der Waals surface area (Å²) in [5.74, 6) is 0.788. The van der Waals surface area contributed by atoms with E-state index in [9.17, 15) is 0 Å². The Morgan fingerprint density at radius 1 is 0.885 bits per heavy atom. The lowest BCUT2D eigenvalue weighted by Crippen LogP contribution is -2.33. The molecule has 3 aromatic carbocycles. The Hall–Kier alpha value is -2.85. The summed E-state index contributed by atoms with van der Waals surface area (Å²) in [6, 6.07) is 26.5. The normalized spacial score (nSPS) is 11.5. The van der Waals surface area contributed by atoms with Gasteiger partial charge in [0.05, 0.1) is 13.2 Å². The van der Waals surface area contributed by atoms with E-state index in [0.29, 0.717) is 5.11 Å². The first-order chi connectivity index (χ1) is 12.7. The second-order valence-electron chi connectivity index (χ2n) is 6.08. The number of thiocarbonyl (C=S) groups is 1. The van der Waals surface area contributed by atoms with Crippen molar-refractivity contribution < 1.29 is 4.74 Å². The summed E-state index contributed by atoms with van der Waals surface area (Å²) in [6.45, 7) is 2.09. The van der Waals surface area contributed by atoms with Gasteiger partial charge in [-0.05, 0) is 42.4 Å². The molecule has 26 heavy (non-hydrogen) atoms. The van der Waals surface area contributed by atoms with E-state index in [1.165, 1.54) is 5.56 Å². The van der Waals surface area contributed by atoms with Gasteiger partial charge in [0.1, 0.15) is 5.75 Å². The fraction of sp³-hybridized carbons (Fsp3) is 0.136. The molecule has 0 radical (unpaired) electrons. The van der Waals surface area contributed by atoms with Crippen LogP contribution in [0.15, 0.2) is 78.9 Å². The Morgan fingerprint density at radius 3 is 2.27 bits per heavy atom. The number of hydrogen-bond donors (Lipinski definition) is 2. The molecule has 4 heteroatoms. The van der Waals surface area contributed by atoms with Crippen molar-refractivity contribution in [2.75, 3.05) is 12.4 Å². The van der Waals surface area contributed by atoms with E-state index in [1.807, 2.05) is 42.5 Å². The fourth-order valence-corrected chi connectivity index (χ4v) is 3.00. The van der Waals surface area contributed by atoms with Crippen LogP contribution in [-0.2, 0) is 0 Å². The SMILES string of the molecule is COc1cccc(NC(=S)N[C@H](c2ccccc2)c2ccc(C)cc2)c1. The molecule has 0 spiro atoms. The molecule has 0 heterocycles. The van der Waals surface area contributed by atoms with Gasteiger partial charge >= 0.3 is 0 Å². The number of rotatable bonds is 5. The molecule has 132 valence electrons. The van der Waals surface area contributed by atoms with Gasteiger partial charge in [0.25, 0.3) is 0 Å². The van der Waals surface area contributed by atoms with Crippen LogP contribution in [0, 0.1) is 6.92 Å². The average Bonchev–Trinajstić information content (AvgIpc) is 2.68. The van der Waals surface area contributed by atoms with Crippen LogP contribution in [0.25, 0.3) is 0 Å². The van der Waals surface area contributed by atoms with Crippen LogP contribution in [0.3, 0.4) is 0 Å². The van der Waals surface area contributed by atoms with Crippen molar-refractivity contribution in [1.82, 2.24) is 5.32 Å². The average molecular weight is 362 g/mol. The maximum Gasteiger partial charge on any atom is 0.171 e. The van der Waals surface area contributed by atoms with Gasteiger partial charge in [0.15, 0.2) is 5.11 Å². The summed E-state index contributed by atoms with van der Waals surface area (Å²) in [5.41, 5.74) is 4.44. The minimum atomic E-state index is -0.0255. The van der Waals surface area contributed by atoms with E-state index in [2.05, 4.69) is 54.0 Å². The highest BCUT2D eigenvalue weighted by atomic mass is 32.1. The molecule has 0 aliphatic rings. The predicted molar refractivity (Wildman–Crippen MR) is 112 cm³/mol. The number of benzene rings is 3. The summed E-state index contributed by atoms with van der Waals surface area (Å²) < 4.78 is 5.26. The number of hydrogen-bond acceptors (Lipinski definition) is 2. The first kappa shape index (κ1) is 18.0. The molecule has 0 aliphatic carbocycles. The molecule has 0 aliphatic heterocycles. The third-order valence-corrected chi connectivity index (χ3v) is 4.37. The second-order valence-corrected chi connectivity index (χ2v) is 6.49. The Balaban J connectivity index is 1.81. The van der Waals surface area contributed by atoms with Crippen LogP contribution in [0.4, 0.5) is 5.69 Å². The zero-order valence-corrected chi connectivity index (χ0v) is 15.7. The summed E-state index contributed by atoms with van der Waals surface area (Å²) in [5, 5.41) is 7.24. The molecule has 0 unspecified atom stereocenters. The van der Waals surface area contributed by atoms with Crippen LogP contribution in [0.5, 0.6) is 5.75 Å². The monoisotopic (exact) mass is 362 g/mol. The van der Waals surface area contributed by atoms with Crippen molar-refractivity contribution in [3.05, 3.63) is 95.6 Å². The van der Waals surface area contributed by atoms with E-state index < -0.39 is 0 Å². The molecular formula is C22H22N2OS. The molecule has 2 N–H and O–H groups in total. The van der Waals surface area contributed by atoms with Crippen molar-refractivity contribution in [2.24, 2.45) is 0 Å². The van der Waals surface area contributed by atoms with Gasteiger partial charge < -0.3 is 15.4 Å². The highest BCUT2D eigenvalue weighted by Gasteiger charge is 2.15. The predicted octanol–water partition coefficient (Wildman–Crippen LogP) is 5.08. The highest BCUT2D eigenvalue weighted by Crippen LogP contribution is 2.23. The molecule has 0 saturated heterocycles. The second kappa shape index (κ2) is 8.50. The molecule has 0 aromatic heterocycles. The number of anilines is 1. The molecule has 3 rings (SSSR count). The molecule has 3 nitrogen and oxygen atoms in total. The third kappa shape index (κ3) is 4.61. The summed E-state index contributed by atoms with van der Waals surface area (Å²) in [4.78, 5) is 0. The van der Waals surface area contributed by atoms with Gasteiger partial charge in [0.2, 0.25) is 0 Å². The standard InChI is InChI=1S/C22H22N2OS/c1-16-11-13-18(14-12-16)21(17-7-4-3-5-8-17)24-22(26)23-19-9-6-10-20(15-19)25-2/h3-15,21H,1-2H3,(H2,23,24,26)/t21-/m1/s1. The summed E-state index contributed by atoms with van der Waals surface area (Å²) in [6.07, 6.45) is 0. The molecule has 0 amide bonds. The van der Waals surface area contributed by atoms with E-state index in [4.69, 9.17) is 17.0 Å². The zero-order chi connectivity index (χ0) is 18.4. The number of nitrogens with one attached hydrogen (secondary N) is 2. The molecular weight excluding hydrogens is 340 g/mol. The first-order valence-electron chi connectivity index (χ1n) is 8.49. The lowest BCUT2D eigenvalue weighted by atomic mass is 9.98. The van der Waals surface area contributed by atoms with Crippen LogP contribution >= 0.6 is 12.2 Å². The summed E-state index contributed by atoms with van der Waals surface area (Å²) in [7, 11) is 1.65. The minimum Gasteiger partial charge on any atom is -0.497 e. The lowest BCUT2D eigenvalue weighted by molar-refractivity contribution is 0.415. The Labute approximate surface area is 160 Å². The van der Waals surface area contributed by atoms with Gasteiger partial charge in [-0.15, -0.1) is 0 Å². The molecule has 0 fully saturated rings. The van der Waals surface area contributed by atoms with Crippen LogP contribution in [0.2, 0.25) is 0 Å². The van der Waals surface area contributed by atoms with Gasteiger partial charge in [0, 0.05) is 11.8 Å². The molecule has 3 aromatic rings. The van der Waals surface area contributed by atoms with Gasteiger partial charge in [-0.3, -0.25) is 0 Å². The largest absolute Gasteiger partial charge is 0.497 e. The van der Waals surface area contributed by atoms with E-state index >= 15 is 0 Å². The number of methoxy groups -OCH3 is 1. The van der Waals surface area contributed by atoms with Crippen molar-refractivity contribution in [2.45, 2.75) is 13.0 Å². The van der Waals surface area contributed by atoms with Crippen LogP contribution in [-0.4, -0.2) is 12.2 Å². The number of ether oxygens (including phenoxy) is 1. The molecule has 0 bridgehead atoms. The van der Waals surface area contributed by atoms with E-state index in [-0.39, 0.29) is 6.04 Å². The maximum atomic E-state index is 5.55. The van der Waals surface area contributed by atoms with Crippen molar-refractivity contribution >= 4 is 23.0 Å². The Bertz CT molecular complexity index is 863. The minimum absolute atomic E-state index is 0.0255. The van der Waals surface area contributed by atoms with Crippen molar-refractivity contribution in [1.29, 1.82) is 0 Å². The Kier molecular flexibility index (Phi) is 5.87. The first-order valence-corrected chi connectivity index (χ1v) is 8.89. The van der Waals surface area contributed by atoms with Gasteiger partial charge in [-0.1, -0.05) is 66.2 Å².